The summed E-state index contributed by atoms with van der Waals surface area (Å²) in [5.74, 6) is -0.102. The molecule has 0 spiro atoms. The van der Waals surface area contributed by atoms with Gasteiger partial charge in [0.2, 0.25) is 0 Å². The first-order valence-electron chi connectivity index (χ1n) is 6.93. The molecule has 4 heteroatoms. The lowest BCUT2D eigenvalue weighted by Gasteiger charge is -2.37. The molecule has 1 aromatic carbocycles. The summed E-state index contributed by atoms with van der Waals surface area (Å²) in [6.45, 7) is 6.16. The number of halogens is 1. The zero-order chi connectivity index (χ0) is 14.7. The van der Waals surface area contributed by atoms with Gasteiger partial charge in [-0.15, -0.1) is 0 Å². The summed E-state index contributed by atoms with van der Waals surface area (Å²) in [7, 11) is 0. The van der Waals surface area contributed by atoms with Gasteiger partial charge in [-0.05, 0) is 42.0 Å². The largest absolute Gasteiger partial charge is 0.478 e. The zero-order valence-electron chi connectivity index (χ0n) is 11.8. The van der Waals surface area contributed by atoms with Crippen LogP contribution in [-0.2, 0) is 4.79 Å². The zero-order valence-corrected chi connectivity index (χ0v) is 11.8. The number of piperidine rings is 1. The SMILES string of the molecule is CC1CCN(c2ccc(/C=C/C(=O)O)cc2F)CC1C. The van der Waals surface area contributed by atoms with Crippen LogP contribution in [0, 0.1) is 17.7 Å². The fourth-order valence-electron chi connectivity index (χ4n) is 2.53. The molecule has 1 saturated heterocycles. The fourth-order valence-corrected chi connectivity index (χ4v) is 2.53. The number of carbonyl (C=O) groups is 1. The molecule has 0 saturated carbocycles. The van der Waals surface area contributed by atoms with Crippen LogP contribution in [0.3, 0.4) is 0 Å². The summed E-state index contributed by atoms with van der Waals surface area (Å²) in [5, 5.41) is 8.57. The molecule has 1 aromatic rings. The van der Waals surface area contributed by atoms with Crippen LogP contribution in [0.1, 0.15) is 25.8 Å². The number of anilines is 1. The summed E-state index contributed by atoms with van der Waals surface area (Å²) < 4.78 is 14.2. The number of hydrogen-bond acceptors (Lipinski definition) is 2. The van der Waals surface area contributed by atoms with E-state index in [2.05, 4.69) is 18.7 Å². The first-order chi connectivity index (χ1) is 9.47. The third-order valence-electron chi connectivity index (χ3n) is 4.06. The minimum atomic E-state index is -1.03. The highest BCUT2D eigenvalue weighted by atomic mass is 19.1. The lowest BCUT2D eigenvalue weighted by Crippen LogP contribution is -2.38. The molecule has 3 nitrogen and oxygen atoms in total. The van der Waals surface area contributed by atoms with Crippen LogP contribution in [0.15, 0.2) is 24.3 Å². The van der Waals surface area contributed by atoms with Gasteiger partial charge in [0.25, 0.3) is 0 Å². The Morgan fingerprint density at radius 2 is 2.15 bits per heavy atom. The van der Waals surface area contributed by atoms with E-state index in [1.807, 2.05) is 0 Å². The van der Waals surface area contributed by atoms with Crippen molar-refractivity contribution in [3.63, 3.8) is 0 Å². The van der Waals surface area contributed by atoms with Crippen LogP contribution in [-0.4, -0.2) is 24.2 Å². The summed E-state index contributed by atoms with van der Waals surface area (Å²) in [6, 6.07) is 4.87. The minimum Gasteiger partial charge on any atom is -0.478 e. The average molecular weight is 277 g/mol. The van der Waals surface area contributed by atoms with Gasteiger partial charge >= 0.3 is 5.97 Å². The average Bonchev–Trinajstić information content (AvgIpc) is 2.40. The van der Waals surface area contributed by atoms with E-state index in [4.69, 9.17) is 5.11 Å². The van der Waals surface area contributed by atoms with Crippen LogP contribution in [0.2, 0.25) is 0 Å². The number of carboxylic acids is 1. The number of benzene rings is 1. The number of hydrogen-bond donors (Lipinski definition) is 1. The van der Waals surface area contributed by atoms with E-state index in [0.717, 1.165) is 25.6 Å². The molecule has 0 amide bonds. The summed E-state index contributed by atoms with van der Waals surface area (Å²) in [5.41, 5.74) is 1.17. The molecule has 1 aliphatic heterocycles. The molecule has 1 fully saturated rings. The summed E-state index contributed by atoms with van der Waals surface area (Å²) in [6.07, 6.45) is 3.48. The van der Waals surface area contributed by atoms with E-state index >= 15 is 0 Å². The molecule has 0 bridgehead atoms. The van der Waals surface area contributed by atoms with Gasteiger partial charge < -0.3 is 10.0 Å². The fraction of sp³-hybridized carbons (Fsp3) is 0.438. The molecule has 0 radical (unpaired) electrons. The first-order valence-corrected chi connectivity index (χ1v) is 6.93. The Kier molecular flexibility index (Phi) is 4.42. The highest BCUT2D eigenvalue weighted by Gasteiger charge is 2.24. The quantitative estimate of drug-likeness (QED) is 0.861. The highest BCUT2D eigenvalue weighted by Crippen LogP contribution is 2.29. The minimum absolute atomic E-state index is 0.292. The van der Waals surface area contributed by atoms with Gasteiger partial charge in [-0.3, -0.25) is 0 Å². The van der Waals surface area contributed by atoms with Gasteiger partial charge in [0.1, 0.15) is 5.82 Å². The molecule has 2 atom stereocenters. The summed E-state index contributed by atoms with van der Waals surface area (Å²) >= 11 is 0. The molecule has 1 N–H and O–H groups in total. The second kappa shape index (κ2) is 6.07. The standard InChI is InChI=1S/C16H20FNO2/c1-11-7-8-18(10-12(11)2)15-5-3-13(9-14(15)17)4-6-16(19)20/h3-6,9,11-12H,7-8,10H2,1-2H3,(H,19,20)/b6-4+. The predicted molar refractivity (Wildman–Crippen MR) is 78.2 cm³/mol. The van der Waals surface area contributed by atoms with Crippen molar-refractivity contribution in [1.82, 2.24) is 0 Å². The number of nitrogens with zero attached hydrogens (tertiary/aromatic N) is 1. The van der Waals surface area contributed by atoms with Crippen LogP contribution < -0.4 is 4.90 Å². The monoisotopic (exact) mass is 277 g/mol. The van der Waals surface area contributed by atoms with Crippen molar-refractivity contribution in [2.75, 3.05) is 18.0 Å². The normalized spacial score (nSPS) is 23.2. The summed E-state index contributed by atoms with van der Waals surface area (Å²) in [4.78, 5) is 12.5. The van der Waals surface area contributed by atoms with Crippen molar-refractivity contribution in [3.05, 3.63) is 35.7 Å². The van der Waals surface area contributed by atoms with E-state index in [1.165, 1.54) is 12.1 Å². The topological polar surface area (TPSA) is 40.5 Å². The Morgan fingerprint density at radius 3 is 2.75 bits per heavy atom. The lowest BCUT2D eigenvalue weighted by molar-refractivity contribution is -0.131. The van der Waals surface area contributed by atoms with E-state index in [1.54, 1.807) is 12.1 Å². The smallest absolute Gasteiger partial charge is 0.328 e. The Labute approximate surface area is 118 Å². The van der Waals surface area contributed by atoms with E-state index in [-0.39, 0.29) is 5.82 Å². The van der Waals surface area contributed by atoms with Gasteiger partial charge in [0, 0.05) is 19.2 Å². The van der Waals surface area contributed by atoms with Crippen molar-refractivity contribution in [2.45, 2.75) is 20.3 Å². The molecule has 2 unspecified atom stereocenters. The Morgan fingerprint density at radius 1 is 1.40 bits per heavy atom. The van der Waals surface area contributed by atoms with Gasteiger partial charge in [-0.1, -0.05) is 19.9 Å². The molecule has 20 heavy (non-hydrogen) atoms. The van der Waals surface area contributed by atoms with Crippen LogP contribution >= 0.6 is 0 Å². The molecule has 108 valence electrons. The predicted octanol–water partition coefficient (Wildman–Crippen LogP) is 3.41. The van der Waals surface area contributed by atoms with Crippen LogP contribution in [0.4, 0.5) is 10.1 Å². The van der Waals surface area contributed by atoms with Gasteiger partial charge in [0.15, 0.2) is 0 Å². The maximum absolute atomic E-state index is 14.2. The van der Waals surface area contributed by atoms with Crippen molar-refractivity contribution >= 4 is 17.7 Å². The van der Waals surface area contributed by atoms with Crippen molar-refractivity contribution < 1.29 is 14.3 Å². The maximum atomic E-state index is 14.2. The molecule has 0 aliphatic carbocycles. The molecule has 1 aliphatic rings. The van der Waals surface area contributed by atoms with Crippen molar-refractivity contribution in [1.29, 1.82) is 0 Å². The second-order valence-corrected chi connectivity index (χ2v) is 5.57. The van der Waals surface area contributed by atoms with Crippen LogP contribution in [0.5, 0.6) is 0 Å². The van der Waals surface area contributed by atoms with Crippen molar-refractivity contribution in [2.24, 2.45) is 11.8 Å². The molecular formula is C16H20FNO2. The lowest BCUT2D eigenvalue weighted by atomic mass is 9.88. The molecule has 2 rings (SSSR count). The van der Waals surface area contributed by atoms with E-state index < -0.39 is 5.97 Å². The molecule has 1 heterocycles. The highest BCUT2D eigenvalue weighted by molar-refractivity contribution is 5.85. The van der Waals surface area contributed by atoms with Crippen LogP contribution in [0.25, 0.3) is 6.08 Å². The number of rotatable bonds is 3. The first kappa shape index (κ1) is 14.6. The van der Waals surface area contributed by atoms with E-state index in [0.29, 0.717) is 23.1 Å². The number of aliphatic carboxylic acids is 1. The number of carboxylic acid groups (broad SMARTS) is 1. The van der Waals surface area contributed by atoms with Gasteiger partial charge in [-0.2, -0.15) is 0 Å². The second-order valence-electron chi connectivity index (χ2n) is 5.57. The van der Waals surface area contributed by atoms with Crippen molar-refractivity contribution in [3.8, 4) is 0 Å². The third-order valence-corrected chi connectivity index (χ3v) is 4.06. The van der Waals surface area contributed by atoms with E-state index in [9.17, 15) is 9.18 Å². The third kappa shape index (κ3) is 3.38. The van der Waals surface area contributed by atoms with Gasteiger partial charge in [0.05, 0.1) is 5.69 Å². The molecular weight excluding hydrogens is 257 g/mol. The Hall–Kier alpha value is -1.84. The molecule has 0 aromatic heterocycles. The van der Waals surface area contributed by atoms with Gasteiger partial charge in [-0.25, -0.2) is 9.18 Å². The Bertz CT molecular complexity index is 527. The maximum Gasteiger partial charge on any atom is 0.328 e. The Balaban J connectivity index is 2.15.